The van der Waals surface area contributed by atoms with Gasteiger partial charge < -0.3 is 15.5 Å². The fourth-order valence-electron chi connectivity index (χ4n) is 3.40. The fourth-order valence-corrected chi connectivity index (χ4v) is 4.10. The Hall–Kier alpha value is -2.29. The van der Waals surface area contributed by atoms with Gasteiger partial charge in [-0.05, 0) is 36.2 Å². The Bertz CT molecular complexity index is 958. The number of carbonyl (C=O) groups excluding carboxylic acids is 1. The van der Waals surface area contributed by atoms with Crippen LogP contribution >= 0.6 is 11.6 Å². The van der Waals surface area contributed by atoms with Crippen LogP contribution in [0.2, 0.25) is 5.02 Å². The molecule has 156 valence electrons. The lowest BCUT2D eigenvalue weighted by Gasteiger charge is -2.37. The number of para-hydroxylation sites is 2. The number of sulfonamides is 1. The van der Waals surface area contributed by atoms with Gasteiger partial charge in [0.05, 0.1) is 23.7 Å². The lowest BCUT2D eigenvalue weighted by molar-refractivity contribution is -0.132. The maximum absolute atomic E-state index is 12.7. The number of nitrogens with two attached hydrogens (primary N) is 1. The van der Waals surface area contributed by atoms with Crippen LogP contribution in [-0.2, 0) is 21.2 Å². The van der Waals surface area contributed by atoms with Crippen molar-refractivity contribution in [2.75, 3.05) is 42.1 Å². The predicted octanol–water partition coefficient (Wildman–Crippen LogP) is 1.93. The number of hydrogen-bond acceptors (Lipinski definition) is 5. The highest BCUT2D eigenvalue weighted by Gasteiger charge is 2.26. The third-order valence-electron chi connectivity index (χ3n) is 4.82. The van der Waals surface area contributed by atoms with Crippen LogP contribution in [0.5, 0.6) is 0 Å². The van der Waals surface area contributed by atoms with Crippen LogP contribution in [0, 0.1) is 0 Å². The zero-order valence-electron chi connectivity index (χ0n) is 16.2. The molecule has 0 spiro atoms. The van der Waals surface area contributed by atoms with Crippen LogP contribution in [0.4, 0.5) is 11.4 Å². The van der Waals surface area contributed by atoms with Crippen LogP contribution in [0.3, 0.4) is 0 Å². The molecule has 2 aromatic rings. The molecular formula is C20H25ClN4O3S. The second kappa shape index (κ2) is 9.02. The maximum Gasteiger partial charge on any atom is 0.239 e. The van der Waals surface area contributed by atoms with Gasteiger partial charge in [-0.2, -0.15) is 0 Å². The normalized spacial score (nSPS) is 15.8. The summed E-state index contributed by atoms with van der Waals surface area (Å²) in [5.41, 5.74) is 8.45. The molecule has 0 saturated carbocycles. The lowest BCUT2D eigenvalue weighted by Crippen LogP contribution is -2.53. The highest BCUT2D eigenvalue weighted by molar-refractivity contribution is 7.92. The number of nitrogens with one attached hydrogen (secondary N) is 1. The molecule has 3 N–H and O–H groups in total. The molecule has 2 aromatic carbocycles. The van der Waals surface area contributed by atoms with E-state index in [-0.39, 0.29) is 5.91 Å². The molecule has 1 amide bonds. The molecule has 29 heavy (non-hydrogen) atoms. The molecule has 1 heterocycles. The van der Waals surface area contributed by atoms with Gasteiger partial charge >= 0.3 is 0 Å². The molecule has 0 aliphatic carbocycles. The molecule has 1 atom stereocenters. The van der Waals surface area contributed by atoms with Crippen molar-refractivity contribution in [2.45, 2.75) is 12.5 Å². The summed E-state index contributed by atoms with van der Waals surface area (Å²) < 4.78 is 25.8. The lowest BCUT2D eigenvalue weighted by atomic mass is 10.1. The molecule has 1 saturated heterocycles. The first-order valence-corrected chi connectivity index (χ1v) is 11.6. The zero-order valence-corrected chi connectivity index (χ0v) is 17.8. The molecule has 3 rings (SSSR count). The van der Waals surface area contributed by atoms with Crippen molar-refractivity contribution in [3.05, 3.63) is 59.1 Å². The van der Waals surface area contributed by atoms with Gasteiger partial charge in [0.25, 0.3) is 0 Å². The second-order valence-corrected chi connectivity index (χ2v) is 9.33. The Labute approximate surface area is 176 Å². The zero-order chi connectivity index (χ0) is 21.0. The fraction of sp³-hybridized carbons (Fsp3) is 0.350. The van der Waals surface area contributed by atoms with Crippen LogP contribution in [-0.4, -0.2) is 57.7 Å². The molecule has 7 nitrogen and oxygen atoms in total. The van der Waals surface area contributed by atoms with Crippen molar-refractivity contribution in [1.82, 2.24) is 4.90 Å². The van der Waals surface area contributed by atoms with Gasteiger partial charge in [-0.1, -0.05) is 35.9 Å². The first-order valence-electron chi connectivity index (χ1n) is 9.33. The summed E-state index contributed by atoms with van der Waals surface area (Å²) in [5.74, 6) is -0.0813. The molecule has 1 aliphatic heterocycles. The van der Waals surface area contributed by atoms with Gasteiger partial charge in [0, 0.05) is 31.2 Å². The minimum Gasteiger partial charge on any atom is -0.366 e. The number of amides is 1. The molecule has 0 radical (unpaired) electrons. The van der Waals surface area contributed by atoms with Crippen molar-refractivity contribution >= 4 is 38.9 Å². The first-order chi connectivity index (χ1) is 13.7. The highest BCUT2D eigenvalue weighted by Crippen LogP contribution is 2.27. The summed E-state index contributed by atoms with van der Waals surface area (Å²) in [6, 6.07) is 14.0. The summed E-state index contributed by atoms with van der Waals surface area (Å²) in [5, 5.41) is 0.649. The number of hydrogen-bond donors (Lipinski definition) is 2. The van der Waals surface area contributed by atoms with E-state index in [1.165, 1.54) is 0 Å². The Morgan fingerprint density at radius 3 is 2.34 bits per heavy atom. The summed E-state index contributed by atoms with van der Waals surface area (Å²) in [6.07, 6.45) is 1.58. The SMILES string of the molecule is CS(=O)(=O)Nc1ccccc1N1CCN(C(=O)[C@@H](N)Cc2ccc(Cl)cc2)CC1. The third kappa shape index (κ3) is 5.85. The van der Waals surface area contributed by atoms with Gasteiger partial charge in [-0.3, -0.25) is 9.52 Å². The minimum atomic E-state index is -3.37. The molecule has 1 aliphatic rings. The van der Waals surface area contributed by atoms with Crippen molar-refractivity contribution in [2.24, 2.45) is 5.73 Å². The number of carbonyl (C=O) groups is 1. The third-order valence-corrected chi connectivity index (χ3v) is 5.66. The van der Waals surface area contributed by atoms with E-state index in [0.717, 1.165) is 17.5 Å². The highest BCUT2D eigenvalue weighted by atomic mass is 35.5. The van der Waals surface area contributed by atoms with E-state index < -0.39 is 16.1 Å². The Balaban J connectivity index is 1.60. The topological polar surface area (TPSA) is 95.7 Å². The van der Waals surface area contributed by atoms with E-state index >= 15 is 0 Å². The van der Waals surface area contributed by atoms with Crippen LogP contribution in [0.1, 0.15) is 5.56 Å². The number of benzene rings is 2. The van der Waals surface area contributed by atoms with E-state index in [1.807, 2.05) is 24.3 Å². The van der Waals surface area contributed by atoms with Gasteiger partial charge in [0.2, 0.25) is 15.9 Å². The molecule has 0 bridgehead atoms. The van der Waals surface area contributed by atoms with Crippen LogP contribution in [0.25, 0.3) is 0 Å². The van der Waals surface area contributed by atoms with E-state index in [9.17, 15) is 13.2 Å². The van der Waals surface area contributed by atoms with Crippen molar-refractivity contribution in [1.29, 1.82) is 0 Å². The van der Waals surface area contributed by atoms with Gasteiger partial charge in [-0.15, -0.1) is 0 Å². The van der Waals surface area contributed by atoms with Crippen LogP contribution in [0.15, 0.2) is 48.5 Å². The maximum atomic E-state index is 12.7. The van der Waals surface area contributed by atoms with E-state index in [1.54, 1.807) is 29.2 Å². The van der Waals surface area contributed by atoms with Crippen molar-refractivity contribution in [3.8, 4) is 0 Å². The van der Waals surface area contributed by atoms with Crippen LogP contribution < -0.4 is 15.4 Å². The number of rotatable bonds is 6. The van der Waals surface area contributed by atoms with Gasteiger partial charge in [0.15, 0.2) is 0 Å². The van der Waals surface area contributed by atoms with E-state index in [0.29, 0.717) is 43.3 Å². The Morgan fingerprint density at radius 2 is 1.72 bits per heavy atom. The molecular weight excluding hydrogens is 412 g/mol. The van der Waals surface area contributed by atoms with Gasteiger partial charge in [0.1, 0.15) is 0 Å². The van der Waals surface area contributed by atoms with Crippen molar-refractivity contribution < 1.29 is 13.2 Å². The first kappa shape index (κ1) is 21.4. The molecule has 0 unspecified atom stereocenters. The van der Waals surface area contributed by atoms with E-state index in [2.05, 4.69) is 9.62 Å². The summed E-state index contributed by atoms with van der Waals surface area (Å²) >= 11 is 5.89. The molecule has 9 heteroatoms. The average molecular weight is 437 g/mol. The summed E-state index contributed by atoms with van der Waals surface area (Å²) in [7, 11) is -3.37. The van der Waals surface area contributed by atoms with Gasteiger partial charge in [-0.25, -0.2) is 8.42 Å². The number of halogens is 1. The molecule has 0 aromatic heterocycles. The monoisotopic (exact) mass is 436 g/mol. The number of anilines is 2. The minimum absolute atomic E-state index is 0.0813. The number of piperazine rings is 1. The largest absolute Gasteiger partial charge is 0.366 e. The van der Waals surface area contributed by atoms with Crippen molar-refractivity contribution in [3.63, 3.8) is 0 Å². The van der Waals surface area contributed by atoms with E-state index in [4.69, 9.17) is 17.3 Å². The average Bonchev–Trinajstić information content (AvgIpc) is 2.68. The number of nitrogens with zero attached hydrogens (tertiary/aromatic N) is 2. The smallest absolute Gasteiger partial charge is 0.239 e. The quantitative estimate of drug-likeness (QED) is 0.721. The summed E-state index contributed by atoms with van der Waals surface area (Å²) in [6.45, 7) is 2.25. The second-order valence-electron chi connectivity index (χ2n) is 7.14. The Morgan fingerprint density at radius 1 is 1.10 bits per heavy atom. The summed E-state index contributed by atoms with van der Waals surface area (Å²) in [4.78, 5) is 16.6. The molecule has 1 fully saturated rings. The predicted molar refractivity (Wildman–Crippen MR) is 117 cm³/mol. The standard InChI is InChI=1S/C20H25ClN4O3S/c1-29(27,28)23-18-4-2-3-5-19(18)24-10-12-25(13-11-24)20(26)17(22)14-15-6-8-16(21)9-7-15/h2-9,17,23H,10-14,22H2,1H3/t17-/m0/s1. The Kier molecular flexibility index (Phi) is 6.66.